The number of carbonyl (C=O) groups is 1. The second-order valence-electron chi connectivity index (χ2n) is 3.84. The lowest BCUT2D eigenvalue weighted by Crippen LogP contribution is -2.35. The topological polar surface area (TPSA) is 75.3 Å². The monoisotopic (exact) mass is 254 g/mol. The second-order valence-corrected chi connectivity index (χ2v) is 4.72. The van der Waals surface area contributed by atoms with Gasteiger partial charge in [0, 0.05) is 24.0 Å². The van der Waals surface area contributed by atoms with Crippen LogP contribution in [0.5, 0.6) is 0 Å². The van der Waals surface area contributed by atoms with Gasteiger partial charge in [0.05, 0.1) is 6.42 Å². The van der Waals surface area contributed by atoms with Crippen LogP contribution in [0.2, 0.25) is 0 Å². The Morgan fingerprint density at radius 3 is 2.65 bits per heavy atom. The van der Waals surface area contributed by atoms with E-state index in [-0.39, 0.29) is 12.5 Å². The molecule has 0 aliphatic heterocycles. The summed E-state index contributed by atoms with van der Waals surface area (Å²) in [4.78, 5) is 11.6. The van der Waals surface area contributed by atoms with E-state index in [0.29, 0.717) is 13.1 Å². The minimum atomic E-state index is -0.858. The molecule has 94 valence electrons. The fraction of sp³-hybridized carbons (Fsp3) is 0.417. The molecule has 17 heavy (non-hydrogen) atoms. The van der Waals surface area contributed by atoms with Crippen molar-refractivity contribution in [2.45, 2.75) is 23.9 Å². The number of thioether (sulfide) groups is 1. The minimum Gasteiger partial charge on any atom is -0.481 e. The zero-order valence-corrected chi connectivity index (χ0v) is 10.7. The van der Waals surface area contributed by atoms with Crippen molar-refractivity contribution < 1.29 is 9.90 Å². The summed E-state index contributed by atoms with van der Waals surface area (Å²) in [7, 11) is 0. The first-order valence-corrected chi connectivity index (χ1v) is 6.65. The minimum absolute atomic E-state index is 0.00157. The molecule has 0 bridgehead atoms. The number of carboxylic acid groups (broad SMARTS) is 1. The number of hydrogen-bond donors (Lipinski definition) is 3. The van der Waals surface area contributed by atoms with Crippen LogP contribution in [0.15, 0.2) is 29.2 Å². The molecule has 1 aromatic carbocycles. The Labute approximate surface area is 106 Å². The van der Waals surface area contributed by atoms with Gasteiger partial charge in [-0.25, -0.2) is 0 Å². The van der Waals surface area contributed by atoms with E-state index in [1.165, 1.54) is 10.5 Å². The summed E-state index contributed by atoms with van der Waals surface area (Å²) in [6, 6.07) is 7.92. The number of hydrogen-bond acceptors (Lipinski definition) is 4. The Bertz CT molecular complexity index is 354. The molecule has 1 rings (SSSR count). The highest BCUT2D eigenvalue weighted by molar-refractivity contribution is 7.98. The maximum atomic E-state index is 10.4. The number of rotatable bonds is 7. The number of nitrogens with two attached hydrogens (primary N) is 1. The van der Waals surface area contributed by atoms with Crippen molar-refractivity contribution in [2.24, 2.45) is 5.73 Å². The van der Waals surface area contributed by atoms with Gasteiger partial charge < -0.3 is 16.2 Å². The van der Waals surface area contributed by atoms with E-state index in [0.717, 1.165) is 0 Å². The normalized spacial score (nSPS) is 12.4. The van der Waals surface area contributed by atoms with Gasteiger partial charge in [-0.2, -0.15) is 0 Å². The molecule has 0 saturated carbocycles. The molecule has 0 aliphatic rings. The number of benzene rings is 1. The van der Waals surface area contributed by atoms with Gasteiger partial charge >= 0.3 is 5.97 Å². The summed E-state index contributed by atoms with van der Waals surface area (Å²) in [5.74, 6) is -0.858. The van der Waals surface area contributed by atoms with E-state index < -0.39 is 5.97 Å². The van der Waals surface area contributed by atoms with Crippen LogP contribution in [0.1, 0.15) is 12.0 Å². The summed E-state index contributed by atoms with van der Waals surface area (Å²) >= 11 is 1.71. The third-order valence-corrected chi connectivity index (χ3v) is 3.08. The molecule has 0 spiro atoms. The van der Waals surface area contributed by atoms with Gasteiger partial charge in [-0.3, -0.25) is 4.79 Å². The molecule has 0 heterocycles. The van der Waals surface area contributed by atoms with E-state index in [1.807, 2.05) is 6.26 Å². The van der Waals surface area contributed by atoms with Crippen LogP contribution >= 0.6 is 11.8 Å². The van der Waals surface area contributed by atoms with Crippen molar-refractivity contribution in [3.8, 4) is 0 Å². The molecule has 5 heteroatoms. The van der Waals surface area contributed by atoms with Gasteiger partial charge in [0.25, 0.3) is 0 Å². The van der Waals surface area contributed by atoms with Crippen molar-refractivity contribution in [3.05, 3.63) is 29.8 Å². The van der Waals surface area contributed by atoms with Gasteiger partial charge in [0.2, 0.25) is 0 Å². The van der Waals surface area contributed by atoms with E-state index in [9.17, 15) is 4.79 Å². The van der Waals surface area contributed by atoms with Crippen LogP contribution in [-0.2, 0) is 11.3 Å². The van der Waals surface area contributed by atoms with E-state index in [4.69, 9.17) is 10.8 Å². The lowest BCUT2D eigenvalue weighted by molar-refractivity contribution is -0.137. The zero-order valence-electron chi connectivity index (χ0n) is 9.85. The Hall–Kier alpha value is -1.04. The van der Waals surface area contributed by atoms with Crippen LogP contribution in [0.4, 0.5) is 0 Å². The molecular formula is C12H18N2O2S. The predicted molar refractivity (Wildman–Crippen MR) is 70.2 cm³/mol. The van der Waals surface area contributed by atoms with Crippen molar-refractivity contribution in [3.63, 3.8) is 0 Å². The molecule has 1 aromatic rings. The summed E-state index contributed by atoms with van der Waals surface area (Å²) in [6.45, 7) is 1.22. The van der Waals surface area contributed by atoms with Gasteiger partial charge in [-0.1, -0.05) is 12.1 Å². The lowest BCUT2D eigenvalue weighted by Gasteiger charge is -2.10. The molecule has 0 saturated heterocycles. The molecule has 4 nitrogen and oxygen atoms in total. The van der Waals surface area contributed by atoms with Crippen LogP contribution in [0, 0.1) is 0 Å². The molecule has 4 N–H and O–H groups in total. The lowest BCUT2D eigenvalue weighted by atomic mass is 10.2. The maximum Gasteiger partial charge on any atom is 0.304 e. The highest BCUT2D eigenvalue weighted by atomic mass is 32.2. The van der Waals surface area contributed by atoms with Gasteiger partial charge in [-0.15, -0.1) is 11.8 Å². The van der Waals surface area contributed by atoms with Crippen LogP contribution in [-0.4, -0.2) is 29.9 Å². The molecule has 0 radical (unpaired) electrons. The Balaban J connectivity index is 2.28. The molecule has 1 unspecified atom stereocenters. The highest BCUT2D eigenvalue weighted by Crippen LogP contribution is 2.14. The van der Waals surface area contributed by atoms with E-state index in [2.05, 4.69) is 29.6 Å². The maximum absolute atomic E-state index is 10.4. The number of carboxylic acids is 1. The van der Waals surface area contributed by atoms with Gasteiger partial charge in [-0.05, 0) is 24.0 Å². The first-order valence-electron chi connectivity index (χ1n) is 5.43. The van der Waals surface area contributed by atoms with Crippen molar-refractivity contribution in [1.29, 1.82) is 0 Å². The SMILES string of the molecule is CSc1ccc(CNCC(N)CC(=O)O)cc1. The summed E-state index contributed by atoms with van der Waals surface area (Å²) in [5, 5.41) is 11.7. The van der Waals surface area contributed by atoms with Crippen molar-refractivity contribution in [2.75, 3.05) is 12.8 Å². The third kappa shape index (κ3) is 5.72. The van der Waals surface area contributed by atoms with Gasteiger partial charge in [0.15, 0.2) is 0 Å². The van der Waals surface area contributed by atoms with Crippen LogP contribution in [0.25, 0.3) is 0 Å². The quantitative estimate of drug-likeness (QED) is 0.639. The molecule has 0 aliphatic carbocycles. The first kappa shape index (κ1) is 14.0. The van der Waals surface area contributed by atoms with Crippen molar-refractivity contribution in [1.82, 2.24) is 5.32 Å². The average molecular weight is 254 g/mol. The standard InChI is InChI=1S/C12H18N2O2S/c1-17-11-4-2-9(3-5-11)7-14-8-10(13)6-12(15)16/h2-5,10,14H,6-8,13H2,1H3,(H,15,16). The fourth-order valence-corrected chi connectivity index (χ4v) is 1.85. The van der Waals surface area contributed by atoms with E-state index in [1.54, 1.807) is 11.8 Å². The molecule has 1 atom stereocenters. The Kier molecular flexibility index (Phi) is 6.04. The van der Waals surface area contributed by atoms with Crippen LogP contribution in [0.3, 0.4) is 0 Å². The molecule has 0 amide bonds. The number of aliphatic carboxylic acids is 1. The Morgan fingerprint density at radius 1 is 1.47 bits per heavy atom. The molecule has 0 fully saturated rings. The van der Waals surface area contributed by atoms with E-state index >= 15 is 0 Å². The fourth-order valence-electron chi connectivity index (χ4n) is 1.44. The Morgan fingerprint density at radius 2 is 2.12 bits per heavy atom. The summed E-state index contributed by atoms with van der Waals surface area (Å²) < 4.78 is 0. The highest BCUT2D eigenvalue weighted by Gasteiger charge is 2.06. The van der Waals surface area contributed by atoms with Crippen LogP contribution < -0.4 is 11.1 Å². The first-order chi connectivity index (χ1) is 8.11. The molecular weight excluding hydrogens is 236 g/mol. The average Bonchev–Trinajstić information content (AvgIpc) is 2.29. The summed E-state index contributed by atoms with van der Waals surface area (Å²) in [6.07, 6.45) is 2.04. The predicted octanol–water partition coefficient (Wildman–Crippen LogP) is 1.30. The second kappa shape index (κ2) is 7.32. The number of nitrogens with one attached hydrogen (secondary N) is 1. The van der Waals surface area contributed by atoms with Crippen molar-refractivity contribution >= 4 is 17.7 Å². The summed E-state index contributed by atoms with van der Waals surface area (Å²) in [5.41, 5.74) is 6.81. The largest absolute Gasteiger partial charge is 0.481 e. The zero-order chi connectivity index (χ0) is 12.7. The van der Waals surface area contributed by atoms with Gasteiger partial charge in [0.1, 0.15) is 0 Å². The molecule has 0 aromatic heterocycles. The smallest absolute Gasteiger partial charge is 0.304 e. The third-order valence-electron chi connectivity index (χ3n) is 2.33.